The lowest BCUT2D eigenvalue weighted by Crippen LogP contribution is -2.30. The molecular weight excluding hydrogens is 379 g/mol. The topological polar surface area (TPSA) is 49.5 Å². The highest BCUT2D eigenvalue weighted by Gasteiger charge is 2.36. The highest BCUT2D eigenvalue weighted by Crippen LogP contribution is 2.41. The molecular formula is C18H16Cl2N2O2S. The van der Waals surface area contributed by atoms with E-state index in [1.807, 2.05) is 30.6 Å². The smallest absolute Gasteiger partial charge is 0.236 e. The summed E-state index contributed by atoms with van der Waals surface area (Å²) in [6.07, 6.45) is 1.66. The predicted molar refractivity (Wildman–Crippen MR) is 100 cm³/mol. The zero-order valence-electron chi connectivity index (χ0n) is 13.4. The maximum atomic E-state index is 10.5. The first-order chi connectivity index (χ1) is 12.0. The zero-order chi connectivity index (χ0) is 17.6. The number of likely N-dealkylation sites (N-methyl/N-ethyl adjacent to an activating group) is 1. The molecule has 0 bridgehead atoms. The highest BCUT2D eigenvalue weighted by molar-refractivity contribution is 7.13. The Morgan fingerprint density at radius 2 is 2.24 bits per heavy atom. The summed E-state index contributed by atoms with van der Waals surface area (Å²) in [5, 5.41) is 13.7. The minimum absolute atomic E-state index is 0.173. The van der Waals surface area contributed by atoms with Gasteiger partial charge in [0.1, 0.15) is 6.26 Å². The molecule has 2 unspecified atom stereocenters. The maximum absolute atomic E-state index is 10.5. The van der Waals surface area contributed by atoms with Crippen LogP contribution in [-0.2, 0) is 13.0 Å². The molecule has 2 aromatic heterocycles. The van der Waals surface area contributed by atoms with Crippen LogP contribution in [0.25, 0.3) is 10.8 Å². The quantitative estimate of drug-likeness (QED) is 0.690. The van der Waals surface area contributed by atoms with Crippen molar-refractivity contribution in [2.75, 3.05) is 7.05 Å². The molecule has 3 aromatic rings. The number of aliphatic hydroxyl groups is 1. The minimum Gasteiger partial charge on any atom is -0.444 e. The second kappa shape index (κ2) is 6.74. The van der Waals surface area contributed by atoms with Gasteiger partial charge in [-0.3, -0.25) is 4.90 Å². The minimum atomic E-state index is -0.528. The fraction of sp³-hybridized carbons (Fsp3) is 0.278. The molecule has 1 aromatic carbocycles. The molecule has 130 valence electrons. The van der Waals surface area contributed by atoms with Gasteiger partial charge in [-0.15, -0.1) is 11.3 Å². The van der Waals surface area contributed by atoms with Crippen molar-refractivity contribution in [1.82, 2.24) is 9.88 Å². The molecule has 0 spiro atoms. The standard InChI is InChI=1S/C18H16Cl2N2O2S/c1-22(8-11-9-24-18(21-11)16-3-2-4-25-16)17-13-5-10(19)6-14(20)12(13)7-15(17)23/h2-6,9,15,17,23H,7-8H2,1H3. The lowest BCUT2D eigenvalue weighted by Gasteiger charge is -2.27. The number of hydrogen-bond donors (Lipinski definition) is 1. The summed E-state index contributed by atoms with van der Waals surface area (Å²) in [6.45, 7) is 0.556. The molecule has 4 nitrogen and oxygen atoms in total. The van der Waals surface area contributed by atoms with E-state index in [-0.39, 0.29) is 6.04 Å². The van der Waals surface area contributed by atoms with Crippen LogP contribution in [0.2, 0.25) is 10.0 Å². The van der Waals surface area contributed by atoms with Crippen LogP contribution in [0, 0.1) is 0 Å². The molecule has 0 saturated heterocycles. The van der Waals surface area contributed by atoms with Gasteiger partial charge in [0.15, 0.2) is 0 Å². The van der Waals surface area contributed by atoms with Crippen molar-refractivity contribution in [2.45, 2.75) is 25.1 Å². The molecule has 0 radical (unpaired) electrons. The molecule has 0 fully saturated rings. The van der Waals surface area contributed by atoms with E-state index in [0.29, 0.717) is 28.9 Å². The number of oxazole rings is 1. The van der Waals surface area contributed by atoms with Crippen LogP contribution in [-0.4, -0.2) is 28.1 Å². The van der Waals surface area contributed by atoms with Crippen molar-refractivity contribution in [3.05, 3.63) is 62.8 Å². The molecule has 0 amide bonds. The zero-order valence-corrected chi connectivity index (χ0v) is 15.8. The average molecular weight is 395 g/mol. The van der Waals surface area contributed by atoms with Crippen molar-refractivity contribution in [2.24, 2.45) is 0 Å². The van der Waals surface area contributed by atoms with Gasteiger partial charge in [-0.2, -0.15) is 0 Å². The van der Waals surface area contributed by atoms with E-state index in [4.69, 9.17) is 27.6 Å². The highest BCUT2D eigenvalue weighted by atomic mass is 35.5. The van der Waals surface area contributed by atoms with Crippen LogP contribution < -0.4 is 0 Å². The molecule has 0 aliphatic heterocycles. The Morgan fingerprint density at radius 3 is 3.00 bits per heavy atom. The molecule has 2 heterocycles. The van der Waals surface area contributed by atoms with Gasteiger partial charge in [0.2, 0.25) is 5.89 Å². The van der Waals surface area contributed by atoms with Gasteiger partial charge in [-0.25, -0.2) is 4.98 Å². The molecule has 25 heavy (non-hydrogen) atoms. The normalized spacial score (nSPS) is 19.6. The summed E-state index contributed by atoms with van der Waals surface area (Å²) in [4.78, 5) is 7.60. The van der Waals surface area contributed by atoms with Crippen LogP contribution in [0.15, 0.2) is 40.3 Å². The number of aromatic nitrogens is 1. The molecule has 7 heteroatoms. The van der Waals surface area contributed by atoms with Crippen molar-refractivity contribution in [1.29, 1.82) is 0 Å². The first-order valence-corrected chi connectivity index (χ1v) is 9.51. The number of benzene rings is 1. The summed E-state index contributed by atoms with van der Waals surface area (Å²) in [6, 6.07) is 7.38. The van der Waals surface area contributed by atoms with Gasteiger partial charge in [-0.05, 0) is 41.8 Å². The number of aliphatic hydroxyl groups excluding tert-OH is 1. The monoisotopic (exact) mass is 394 g/mol. The van der Waals surface area contributed by atoms with E-state index >= 15 is 0 Å². The molecule has 0 saturated carbocycles. The van der Waals surface area contributed by atoms with E-state index in [9.17, 15) is 5.11 Å². The number of halogens is 2. The van der Waals surface area contributed by atoms with E-state index in [2.05, 4.69) is 9.88 Å². The fourth-order valence-corrected chi connectivity index (χ4v) is 4.65. The Labute approximate surface area is 159 Å². The van der Waals surface area contributed by atoms with Gasteiger partial charge in [-0.1, -0.05) is 29.3 Å². The van der Waals surface area contributed by atoms with Crippen molar-refractivity contribution in [3.8, 4) is 10.8 Å². The van der Waals surface area contributed by atoms with Crippen molar-refractivity contribution < 1.29 is 9.52 Å². The fourth-order valence-electron chi connectivity index (χ4n) is 3.41. The SMILES string of the molecule is CN(Cc1coc(-c2cccs2)n1)C1c2cc(Cl)cc(Cl)c2CC1O. The Morgan fingerprint density at radius 1 is 1.40 bits per heavy atom. The van der Waals surface area contributed by atoms with Gasteiger partial charge >= 0.3 is 0 Å². The predicted octanol–water partition coefficient (Wildman–Crippen LogP) is 4.80. The number of nitrogens with zero attached hydrogens (tertiary/aromatic N) is 2. The average Bonchev–Trinajstić information content (AvgIpc) is 3.25. The summed E-state index contributed by atoms with van der Waals surface area (Å²) >= 11 is 14.0. The lowest BCUT2D eigenvalue weighted by atomic mass is 10.1. The van der Waals surface area contributed by atoms with Crippen molar-refractivity contribution in [3.63, 3.8) is 0 Å². The van der Waals surface area contributed by atoms with Crippen molar-refractivity contribution >= 4 is 34.5 Å². The number of hydrogen-bond acceptors (Lipinski definition) is 5. The molecule has 2 atom stereocenters. The van der Waals surface area contributed by atoms with E-state index in [1.54, 1.807) is 23.7 Å². The first kappa shape index (κ1) is 17.1. The second-order valence-corrected chi connectivity index (χ2v) is 8.00. The Kier molecular flexibility index (Phi) is 4.60. The van der Waals surface area contributed by atoms with Gasteiger partial charge in [0, 0.05) is 23.0 Å². The number of rotatable bonds is 4. The molecule has 4 rings (SSSR count). The van der Waals surface area contributed by atoms with E-state index < -0.39 is 6.10 Å². The summed E-state index contributed by atoms with van der Waals surface area (Å²) in [5.74, 6) is 0.622. The largest absolute Gasteiger partial charge is 0.444 e. The molecule has 1 N–H and O–H groups in total. The summed E-state index contributed by atoms with van der Waals surface area (Å²) < 4.78 is 5.58. The molecule has 1 aliphatic rings. The van der Waals surface area contributed by atoms with E-state index in [0.717, 1.165) is 21.7 Å². The van der Waals surface area contributed by atoms with Crippen LogP contribution in [0.1, 0.15) is 22.9 Å². The van der Waals surface area contributed by atoms with Crippen LogP contribution >= 0.6 is 34.5 Å². The van der Waals surface area contributed by atoms with Gasteiger partial charge in [0.25, 0.3) is 0 Å². The Balaban J connectivity index is 1.57. The van der Waals surface area contributed by atoms with Gasteiger partial charge < -0.3 is 9.52 Å². The first-order valence-electron chi connectivity index (χ1n) is 7.87. The second-order valence-electron chi connectivity index (χ2n) is 6.21. The number of fused-ring (bicyclic) bond motifs is 1. The third-order valence-electron chi connectivity index (χ3n) is 4.46. The molecule has 1 aliphatic carbocycles. The van der Waals surface area contributed by atoms with Crippen LogP contribution in [0.3, 0.4) is 0 Å². The third kappa shape index (κ3) is 3.23. The van der Waals surface area contributed by atoms with E-state index in [1.165, 1.54) is 0 Å². The van der Waals surface area contributed by atoms with Crippen LogP contribution in [0.5, 0.6) is 0 Å². The third-order valence-corrected chi connectivity index (χ3v) is 5.87. The Hall–Kier alpha value is -1.37. The Bertz CT molecular complexity index is 895. The van der Waals surface area contributed by atoms with Gasteiger partial charge in [0.05, 0.1) is 22.7 Å². The maximum Gasteiger partial charge on any atom is 0.236 e. The lowest BCUT2D eigenvalue weighted by molar-refractivity contribution is 0.0718. The van der Waals surface area contributed by atoms with Crippen LogP contribution in [0.4, 0.5) is 0 Å². The number of thiophene rings is 1. The summed E-state index contributed by atoms with van der Waals surface area (Å²) in [7, 11) is 1.96. The summed E-state index contributed by atoms with van der Waals surface area (Å²) in [5.41, 5.74) is 2.77.